The van der Waals surface area contributed by atoms with Gasteiger partial charge in [0.2, 0.25) is 5.91 Å². The molecule has 0 spiro atoms. The number of ether oxygens (including phenoxy) is 1. The third kappa shape index (κ3) is 2.29. The number of hydrogen-bond acceptors (Lipinski definition) is 3. The van der Waals surface area contributed by atoms with Crippen molar-refractivity contribution in [3.63, 3.8) is 0 Å². The summed E-state index contributed by atoms with van der Waals surface area (Å²) >= 11 is 5.79. The molecule has 1 aliphatic heterocycles. The summed E-state index contributed by atoms with van der Waals surface area (Å²) in [6.07, 6.45) is 2.47. The van der Waals surface area contributed by atoms with E-state index in [1.54, 1.807) is 12.3 Å². The van der Waals surface area contributed by atoms with E-state index in [-0.39, 0.29) is 35.9 Å². The van der Waals surface area contributed by atoms with Crippen LogP contribution in [0.3, 0.4) is 0 Å². The summed E-state index contributed by atoms with van der Waals surface area (Å²) in [7, 11) is 0. The van der Waals surface area contributed by atoms with E-state index in [2.05, 4.69) is 15.6 Å². The van der Waals surface area contributed by atoms with Gasteiger partial charge in [-0.1, -0.05) is 11.6 Å². The second-order valence-corrected chi connectivity index (χ2v) is 5.68. The van der Waals surface area contributed by atoms with Gasteiger partial charge in [-0.3, -0.25) is 9.59 Å². The third-order valence-corrected chi connectivity index (χ3v) is 4.16. The van der Waals surface area contributed by atoms with Gasteiger partial charge in [0.1, 0.15) is 5.69 Å². The highest BCUT2D eigenvalue weighted by Crippen LogP contribution is 2.39. The van der Waals surface area contributed by atoms with E-state index in [0.29, 0.717) is 17.3 Å². The molecule has 0 unspecified atom stereocenters. The molecule has 3 N–H and O–H groups in total. The SMILES string of the molecule is CC(=O)N[C@@H]1[C@@H](NC(=O)c2cc(Cl)c[nH]2)[C@H]2CCO[C@H]21. The van der Waals surface area contributed by atoms with Crippen molar-refractivity contribution in [2.24, 2.45) is 5.92 Å². The molecule has 6 nitrogen and oxygen atoms in total. The molecule has 1 saturated heterocycles. The van der Waals surface area contributed by atoms with Gasteiger partial charge in [-0.2, -0.15) is 0 Å². The number of H-pyrrole nitrogens is 1. The molecule has 1 aliphatic carbocycles. The second kappa shape index (κ2) is 5.10. The molecule has 20 heavy (non-hydrogen) atoms. The first-order chi connectivity index (χ1) is 9.56. The lowest BCUT2D eigenvalue weighted by molar-refractivity contribution is -0.123. The van der Waals surface area contributed by atoms with Crippen molar-refractivity contribution in [2.75, 3.05) is 6.61 Å². The number of carbonyl (C=O) groups is 2. The Morgan fingerprint density at radius 3 is 2.85 bits per heavy atom. The zero-order chi connectivity index (χ0) is 14.3. The zero-order valence-corrected chi connectivity index (χ0v) is 11.7. The van der Waals surface area contributed by atoms with Gasteiger partial charge in [0, 0.05) is 25.6 Å². The molecule has 2 fully saturated rings. The average molecular weight is 298 g/mol. The quantitative estimate of drug-likeness (QED) is 0.767. The number of aromatic amines is 1. The van der Waals surface area contributed by atoms with Gasteiger partial charge >= 0.3 is 0 Å². The minimum absolute atomic E-state index is 0.0106. The number of aromatic nitrogens is 1. The van der Waals surface area contributed by atoms with Crippen LogP contribution in [0.15, 0.2) is 12.3 Å². The van der Waals surface area contributed by atoms with Crippen molar-refractivity contribution < 1.29 is 14.3 Å². The Morgan fingerprint density at radius 1 is 1.40 bits per heavy atom. The molecule has 2 heterocycles. The van der Waals surface area contributed by atoms with Crippen molar-refractivity contribution >= 4 is 23.4 Å². The van der Waals surface area contributed by atoms with Crippen LogP contribution in [0.5, 0.6) is 0 Å². The maximum Gasteiger partial charge on any atom is 0.268 e. The summed E-state index contributed by atoms with van der Waals surface area (Å²) in [4.78, 5) is 26.2. The van der Waals surface area contributed by atoms with Crippen LogP contribution in [-0.2, 0) is 9.53 Å². The van der Waals surface area contributed by atoms with Crippen LogP contribution in [0.4, 0.5) is 0 Å². The topological polar surface area (TPSA) is 83.2 Å². The first kappa shape index (κ1) is 13.5. The van der Waals surface area contributed by atoms with Gasteiger partial charge in [-0.15, -0.1) is 0 Å². The smallest absolute Gasteiger partial charge is 0.268 e. The minimum atomic E-state index is -0.220. The number of nitrogens with one attached hydrogen (secondary N) is 3. The van der Waals surface area contributed by atoms with E-state index in [4.69, 9.17) is 16.3 Å². The van der Waals surface area contributed by atoms with Gasteiger partial charge in [-0.05, 0) is 12.5 Å². The van der Waals surface area contributed by atoms with Crippen LogP contribution in [0.2, 0.25) is 5.02 Å². The van der Waals surface area contributed by atoms with E-state index < -0.39 is 0 Å². The molecule has 2 aliphatic rings. The van der Waals surface area contributed by atoms with E-state index in [0.717, 1.165) is 6.42 Å². The molecule has 4 atom stereocenters. The van der Waals surface area contributed by atoms with Crippen molar-refractivity contribution in [3.8, 4) is 0 Å². The van der Waals surface area contributed by atoms with Crippen LogP contribution >= 0.6 is 11.6 Å². The maximum atomic E-state index is 12.1. The predicted octanol–water partition coefficient (Wildman–Crippen LogP) is 0.690. The van der Waals surface area contributed by atoms with Crippen molar-refractivity contribution in [3.05, 3.63) is 23.0 Å². The van der Waals surface area contributed by atoms with Gasteiger partial charge < -0.3 is 20.4 Å². The lowest BCUT2D eigenvalue weighted by Crippen LogP contribution is -2.70. The summed E-state index contributed by atoms with van der Waals surface area (Å²) in [5.74, 6) is -0.0741. The normalized spacial score (nSPS) is 31.3. The van der Waals surface area contributed by atoms with Gasteiger partial charge in [0.15, 0.2) is 0 Å². The summed E-state index contributed by atoms with van der Waals surface area (Å²) in [6.45, 7) is 2.14. The zero-order valence-electron chi connectivity index (χ0n) is 11.0. The molecular formula is C13H16ClN3O3. The van der Waals surface area contributed by atoms with E-state index in [1.807, 2.05) is 0 Å². The van der Waals surface area contributed by atoms with Crippen LogP contribution in [0.25, 0.3) is 0 Å². The number of amides is 2. The molecule has 3 rings (SSSR count). The number of carbonyl (C=O) groups excluding carboxylic acids is 2. The number of fused-ring (bicyclic) bond motifs is 1. The Hall–Kier alpha value is -1.53. The van der Waals surface area contributed by atoms with Gasteiger partial charge in [-0.25, -0.2) is 0 Å². The predicted molar refractivity (Wildman–Crippen MR) is 72.5 cm³/mol. The maximum absolute atomic E-state index is 12.1. The Balaban J connectivity index is 1.68. The van der Waals surface area contributed by atoms with Crippen molar-refractivity contribution in [1.29, 1.82) is 0 Å². The van der Waals surface area contributed by atoms with Crippen molar-refractivity contribution in [1.82, 2.24) is 15.6 Å². The highest BCUT2D eigenvalue weighted by molar-refractivity contribution is 6.30. The summed E-state index contributed by atoms with van der Waals surface area (Å²) < 4.78 is 5.59. The van der Waals surface area contributed by atoms with Crippen molar-refractivity contribution in [2.45, 2.75) is 31.5 Å². The lowest BCUT2D eigenvalue weighted by Gasteiger charge is -2.47. The minimum Gasteiger partial charge on any atom is -0.376 e. The molecule has 1 aromatic rings. The summed E-state index contributed by atoms with van der Waals surface area (Å²) in [5.41, 5.74) is 0.416. The highest BCUT2D eigenvalue weighted by Gasteiger charge is 2.54. The standard InChI is InChI=1S/C13H16ClN3O3/c1-6(18)16-11-10(8-2-3-20-12(8)11)17-13(19)9-4-7(14)5-15-9/h4-5,8,10-12,15H,2-3H2,1H3,(H,16,18)(H,17,19)/t8-,10+,11-,12-/m1/s1. The summed E-state index contributed by atoms with van der Waals surface area (Å²) in [5, 5.41) is 6.29. The number of hydrogen-bond donors (Lipinski definition) is 3. The van der Waals surface area contributed by atoms with Crippen LogP contribution in [0, 0.1) is 5.92 Å². The van der Waals surface area contributed by atoms with Crippen LogP contribution in [0.1, 0.15) is 23.8 Å². The highest BCUT2D eigenvalue weighted by atomic mass is 35.5. The fourth-order valence-corrected chi connectivity index (χ4v) is 3.20. The first-order valence-electron chi connectivity index (χ1n) is 6.60. The van der Waals surface area contributed by atoms with E-state index in [9.17, 15) is 9.59 Å². The summed E-state index contributed by atoms with van der Waals surface area (Å²) in [6, 6.07) is 1.32. The second-order valence-electron chi connectivity index (χ2n) is 5.25. The Kier molecular flexibility index (Phi) is 3.43. The monoisotopic (exact) mass is 297 g/mol. The van der Waals surface area contributed by atoms with Crippen LogP contribution < -0.4 is 10.6 Å². The third-order valence-electron chi connectivity index (χ3n) is 3.95. The molecule has 0 radical (unpaired) electrons. The lowest BCUT2D eigenvalue weighted by atomic mass is 9.71. The molecule has 0 aromatic carbocycles. The van der Waals surface area contributed by atoms with E-state index in [1.165, 1.54) is 6.92 Å². The molecule has 0 bridgehead atoms. The number of rotatable bonds is 3. The fraction of sp³-hybridized carbons (Fsp3) is 0.538. The molecule has 1 aromatic heterocycles. The largest absolute Gasteiger partial charge is 0.376 e. The van der Waals surface area contributed by atoms with Gasteiger partial charge in [0.25, 0.3) is 5.91 Å². The Bertz CT molecular complexity index is 545. The molecule has 108 valence electrons. The Morgan fingerprint density at radius 2 is 2.20 bits per heavy atom. The van der Waals surface area contributed by atoms with Crippen LogP contribution in [-0.4, -0.2) is 41.6 Å². The number of halogens is 1. The average Bonchev–Trinajstić information content (AvgIpc) is 2.99. The molecule has 7 heteroatoms. The Labute approximate surface area is 121 Å². The molecular weight excluding hydrogens is 282 g/mol. The first-order valence-corrected chi connectivity index (χ1v) is 6.97. The van der Waals surface area contributed by atoms with Gasteiger partial charge in [0.05, 0.1) is 23.2 Å². The molecule has 2 amide bonds. The van der Waals surface area contributed by atoms with E-state index >= 15 is 0 Å². The fourth-order valence-electron chi connectivity index (χ4n) is 3.04. The molecule has 1 saturated carbocycles.